The fraction of sp³-hybridized carbons (Fsp3) is 0.769. The maximum atomic E-state index is 11.8. The summed E-state index contributed by atoms with van der Waals surface area (Å²) in [5.74, 6) is 1.18. The monoisotopic (exact) mass is 251 g/mol. The summed E-state index contributed by atoms with van der Waals surface area (Å²) in [5.41, 5.74) is 2.79. The topological polar surface area (TPSA) is 70.6 Å². The Kier molecular flexibility index (Phi) is 4.33. The number of hydrazone groups is 1. The van der Waals surface area contributed by atoms with E-state index < -0.39 is 0 Å². The van der Waals surface area contributed by atoms with Crippen molar-refractivity contribution in [3.8, 4) is 0 Å². The molecule has 2 rings (SSSR count). The van der Waals surface area contributed by atoms with E-state index in [9.17, 15) is 9.59 Å². The highest BCUT2D eigenvalue weighted by atomic mass is 16.2. The Hall–Kier alpha value is -1.39. The van der Waals surface area contributed by atoms with Gasteiger partial charge in [0.25, 0.3) is 5.91 Å². The maximum Gasteiger partial charge on any atom is 0.267 e. The molecule has 2 aliphatic rings. The van der Waals surface area contributed by atoms with E-state index in [1.807, 2.05) is 0 Å². The van der Waals surface area contributed by atoms with Crippen molar-refractivity contribution in [2.45, 2.75) is 45.4 Å². The van der Waals surface area contributed by atoms with E-state index in [1.54, 1.807) is 0 Å². The van der Waals surface area contributed by atoms with Crippen LogP contribution in [0.5, 0.6) is 0 Å². The van der Waals surface area contributed by atoms with Gasteiger partial charge in [-0.05, 0) is 24.7 Å². The lowest BCUT2D eigenvalue weighted by atomic mass is 9.83. The predicted octanol–water partition coefficient (Wildman–Crippen LogP) is 1.19. The Morgan fingerprint density at radius 1 is 1.33 bits per heavy atom. The maximum absolute atomic E-state index is 11.8. The van der Waals surface area contributed by atoms with Crippen LogP contribution in [-0.4, -0.2) is 24.1 Å². The molecular weight excluding hydrogens is 230 g/mol. The molecule has 1 fully saturated rings. The second-order valence-corrected chi connectivity index (χ2v) is 5.43. The molecule has 0 unspecified atom stereocenters. The summed E-state index contributed by atoms with van der Waals surface area (Å²) in [5, 5.41) is 6.72. The minimum atomic E-state index is -0.131. The predicted molar refractivity (Wildman–Crippen MR) is 68.9 cm³/mol. The molecule has 100 valence electrons. The van der Waals surface area contributed by atoms with Crippen molar-refractivity contribution in [2.24, 2.45) is 16.9 Å². The summed E-state index contributed by atoms with van der Waals surface area (Å²) in [4.78, 5) is 22.7. The van der Waals surface area contributed by atoms with E-state index in [-0.39, 0.29) is 11.8 Å². The van der Waals surface area contributed by atoms with Crippen molar-refractivity contribution in [1.82, 2.24) is 10.7 Å². The Balaban J connectivity index is 1.73. The quantitative estimate of drug-likeness (QED) is 0.791. The van der Waals surface area contributed by atoms with Crippen LogP contribution in [0.2, 0.25) is 0 Å². The van der Waals surface area contributed by atoms with Crippen molar-refractivity contribution in [3.05, 3.63) is 0 Å². The number of hydrogen-bond acceptors (Lipinski definition) is 3. The lowest BCUT2D eigenvalue weighted by Gasteiger charge is -2.26. The van der Waals surface area contributed by atoms with Gasteiger partial charge in [-0.25, -0.2) is 5.43 Å². The number of amides is 2. The highest BCUT2D eigenvalue weighted by Gasteiger charge is 2.21. The summed E-state index contributed by atoms with van der Waals surface area (Å²) in [7, 11) is 0. The lowest BCUT2D eigenvalue weighted by molar-refractivity contribution is -0.121. The Labute approximate surface area is 107 Å². The summed E-state index contributed by atoms with van der Waals surface area (Å²) in [6, 6.07) is 0. The third-order valence-corrected chi connectivity index (χ3v) is 3.85. The van der Waals surface area contributed by atoms with Crippen LogP contribution >= 0.6 is 0 Å². The first-order valence-corrected chi connectivity index (χ1v) is 6.78. The first kappa shape index (κ1) is 13.1. The van der Waals surface area contributed by atoms with E-state index in [0.717, 1.165) is 12.5 Å². The van der Waals surface area contributed by atoms with Crippen molar-refractivity contribution in [1.29, 1.82) is 0 Å². The summed E-state index contributed by atoms with van der Waals surface area (Å²) in [6.45, 7) is 3.02. The molecule has 0 aromatic heterocycles. The van der Waals surface area contributed by atoms with Crippen molar-refractivity contribution < 1.29 is 9.59 Å². The first-order valence-electron chi connectivity index (χ1n) is 6.78. The molecule has 5 nitrogen and oxygen atoms in total. The number of nitrogens with zero attached hydrogens (tertiary/aromatic N) is 1. The van der Waals surface area contributed by atoms with Gasteiger partial charge < -0.3 is 5.32 Å². The molecule has 18 heavy (non-hydrogen) atoms. The van der Waals surface area contributed by atoms with Crippen LogP contribution in [0, 0.1) is 11.8 Å². The second-order valence-electron chi connectivity index (χ2n) is 5.43. The van der Waals surface area contributed by atoms with Crippen LogP contribution in [0.25, 0.3) is 0 Å². The van der Waals surface area contributed by atoms with E-state index >= 15 is 0 Å². The van der Waals surface area contributed by atoms with Crippen molar-refractivity contribution >= 4 is 17.5 Å². The van der Waals surface area contributed by atoms with Crippen LogP contribution < -0.4 is 10.7 Å². The number of nitrogens with one attached hydrogen (secondary N) is 2. The van der Waals surface area contributed by atoms with Crippen LogP contribution in [0.3, 0.4) is 0 Å². The van der Waals surface area contributed by atoms with Gasteiger partial charge in [0.1, 0.15) is 5.71 Å². The van der Waals surface area contributed by atoms with E-state index in [2.05, 4.69) is 22.8 Å². The van der Waals surface area contributed by atoms with Gasteiger partial charge >= 0.3 is 0 Å². The van der Waals surface area contributed by atoms with E-state index in [0.29, 0.717) is 24.5 Å². The molecule has 0 radical (unpaired) electrons. The van der Waals surface area contributed by atoms with Gasteiger partial charge in [-0.15, -0.1) is 0 Å². The SMILES string of the molecule is CC1CCC(CNC(=O)C2=NNC(=O)CC2)CC1. The van der Waals surface area contributed by atoms with Gasteiger partial charge in [-0.1, -0.05) is 19.8 Å². The molecular formula is C13H21N3O2. The van der Waals surface area contributed by atoms with Gasteiger partial charge in [0.2, 0.25) is 5.91 Å². The van der Waals surface area contributed by atoms with Crippen LogP contribution in [0.1, 0.15) is 45.4 Å². The average Bonchev–Trinajstić information content (AvgIpc) is 2.38. The average molecular weight is 251 g/mol. The Morgan fingerprint density at radius 3 is 2.67 bits per heavy atom. The highest BCUT2D eigenvalue weighted by molar-refractivity contribution is 6.39. The molecule has 1 aliphatic carbocycles. The smallest absolute Gasteiger partial charge is 0.267 e. The van der Waals surface area contributed by atoms with E-state index in [1.165, 1.54) is 25.7 Å². The molecule has 1 aliphatic heterocycles. The minimum absolute atomic E-state index is 0.118. The summed E-state index contributed by atoms with van der Waals surface area (Å²) < 4.78 is 0. The molecule has 2 N–H and O–H groups in total. The van der Waals surface area contributed by atoms with Crippen LogP contribution in [0.15, 0.2) is 5.10 Å². The molecule has 0 atom stereocenters. The van der Waals surface area contributed by atoms with Gasteiger partial charge in [-0.3, -0.25) is 9.59 Å². The molecule has 1 saturated carbocycles. The lowest BCUT2D eigenvalue weighted by Crippen LogP contribution is -2.39. The molecule has 1 heterocycles. The Morgan fingerprint density at radius 2 is 2.06 bits per heavy atom. The largest absolute Gasteiger partial charge is 0.351 e. The van der Waals surface area contributed by atoms with Gasteiger partial charge in [-0.2, -0.15) is 5.10 Å². The highest BCUT2D eigenvalue weighted by Crippen LogP contribution is 2.27. The van der Waals surface area contributed by atoms with Gasteiger partial charge in [0, 0.05) is 19.4 Å². The standard InChI is InChI=1S/C13H21N3O2/c1-9-2-4-10(5-3-9)8-14-13(18)11-6-7-12(17)16-15-11/h9-10H,2-8H2,1H3,(H,14,18)(H,16,17). The Bertz CT molecular complexity index is 357. The third kappa shape index (κ3) is 3.55. The van der Waals surface area contributed by atoms with Gasteiger partial charge in [0.15, 0.2) is 0 Å². The second kappa shape index (κ2) is 5.98. The fourth-order valence-corrected chi connectivity index (χ4v) is 2.51. The third-order valence-electron chi connectivity index (χ3n) is 3.85. The summed E-state index contributed by atoms with van der Waals surface area (Å²) in [6.07, 6.45) is 5.72. The fourth-order valence-electron chi connectivity index (χ4n) is 2.51. The number of carbonyl (C=O) groups is 2. The normalized spacial score (nSPS) is 28.3. The molecule has 0 aromatic rings. The van der Waals surface area contributed by atoms with Crippen LogP contribution in [0.4, 0.5) is 0 Å². The zero-order valence-corrected chi connectivity index (χ0v) is 10.9. The zero-order chi connectivity index (χ0) is 13.0. The van der Waals surface area contributed by atoms with E-state index in [4.69, 9.17) is 0 Å². The summed E-state index contributed by atoms with van der Waals surface area (Å²) >= 11 is 0. The van der Waals surface area contributed by atoms with Gasteiger partial charge in [0.05, 0.1) is 0 Å². The minimum Gasteiger partial charge on any atom is -0.351 e. The number of carbonyl (C=O) groups excluding carboxylic acids is 2. The first-order chi connectivity index (χ1) is 8.65. The zero-order valence-electron chi connectivity index (χ0n) is 10.9. The molecule has 5 heteroatoms. The van der Waals surface area contributed by atoms with Crippen molar-refractivity contribution in [3.63, 3.8) is 0 Å². The number of hydrogen-bond donors (Lipinski definition) is 2. The van der Waals surface area contributed by atoms with Crippen LogP contribution in [-0.2, 0) is 9.59 Å². The molecule has 0 saturated heterocycles. The van der Waals surface area contributed by atoms with Crippen molar-refractivity contribution in [2.75, 3.05) is 6.54 Å². The molecule has 0 bridgehead atoms. The molecule has 2 amide bonds. The molecule has 0 spiro atoms. The molecule has 0 aromatic carbocycles. The number of rotatable bonds is 3.